The van der Waals surface area contributed by atoms with Crippen LogP contribution in [0.25, 0.3) is 11.0 Å². The SMILES string of the molecule is Cl.OCCN1CCC[C@H]1COc1noc2ccc(Cl)cc12. The summed E-state index contributed by atoms with van der Waals surface area (Å²) >= 11 is 5.98. The Morgan fingerprint density at radius 3 is 3.14 bits per heavy atom. The van der Waals surface area contributed by atoms with Crippen molar-refractivity contribution in [3.05, 3.63) is 23.2 Å². The van der Waals surface area contributed by atoms with Crippen LogP contribution in [0.2, 0.25) is 5.02 Å². The molecule has 1 aromatic heterocycles. The van der Waals surface area contributed by atoms with Crippen LogP contribution in [0.5, 0.6) is 5.88 Å². The first kappa shape index (κ1) is 16.4. The van der Waals surface area contributed by atoms with Crippen LogP contribution in [0.1, 0.15) is 12.8 Å². The summed E-state index contributed by atoms with van der Waals surface area (Å²) in [6.45, 7) is 2.44. The maximum atomic E-state index is 9.04. The minimum atomic E-state index is 0. The largest absolute Gasteiger partial charge is 0.473 e. The summed E-state index contributed by atoms with van der Waals surface area (Å²) in [5.41, 5.74) is 0.669. The lowest BCUT2D eigenvalue weighted by atomic mass is 10.2. The molecule has 0 unspecified atom stereocenters. The first-order valence-electron chi connectivity index (χ1n) is 6.80. The summed E-state index contributed by atoms with van der Waals surface area (Å²) in [6.07, 6.45) is 2.22. The number of fused-ring (bicyclic) bond motifs is 1. The van der Waals surface area contributed by atoms with Crippen LogP contribution in [-0.4, -0.2) is 47.5 Å². The van der Waals surface area contributed by atoms with Crippen molar-refractivity contribution in [3.8, 4) is 5.88 Å². The molecule has 1 atom stereocenters. The number of benzene rings is 1. The summed E-state index contributed by atoms with van der Waals surface area (Å²) < 4.78 is 11.0. The minimum absolute atomic E-state index is 0. The van der Waals surface area contributed by atoms with Gasteiger partial charge in [-0.15, -0.1) is 12.4 Å². The molecule has 1 N–H and O–H groups in total. The molecule has 0 amide bonds. The predicted molar refractivity (Wildman–Crippen MR) is 83.4 cm³/mol. The summed E-state index contributed by atoms with van der Waals surface area (Å²) in [5.74, 6) is 0.485. The molecule has 0 radical (unpaired) electrons. The highest BCUT2D eigenvalue weighted by atomic mass is 35.5. The van der Waals surface area contributed by atoms with Crippen molar-refractivity contribution in [2.45, 2.75) is 18.9 Å². The zero-order chi connectivity index (χ0) is 13.9. The smallest absolute Gasteiger partial charge is 0.262 e. The van der Waals surface area contributed by atoms with E-state index in [1.807, 2.05) is 0 Å². The van der Waals surface area contributed by atoms with E-state index in [4.69, 9.17) is 26.0 Å². The molecule has 5 nitrogen and oxygen atoms in total. The van der Waals surface area contributed by atoms with Gasteiger partial charge in [0.15, 0.2) is 5.58 Å². The van der Waals surface area contributed by atoms with Gasteiger partial charge in [-0.2, -0.15) is 0 Å². The third kappa shape index (κ3) is 3.61. The number of halogens is 2. The van der Waals surface area contributed by atoms with Gasteiger partial charge in [0.2, 0.25) is 0 Å². The van der Waals surface area contributed by atoms with Gasteiger partial charge in [0.25, 0.3) is 5.88 Å². The first-order valence-corrected chi connectivity index (χ1v) is 7.18. The van der Waals surface area contributed by atoms with Crippen LogP contribution in [-0.2, 0) is 0 Å². The Morgan fingerprint density at radius 2 is 2.33 bits per heavy atom. The third-order valence-electron chi connectivity index (χ3n) is 3.70. The number of β-amino-alcohol motifs (C(OH)–C–C–N with tert-alkyl or cyclic N) is 1. The number of nitrogens with zero attached hydrogens (tertiary/aromatic N) is 2. The van der Waals surface area contributed by atoms with Crippen LogP contribution in [0.4, 0.5) is 0 Å². The van der Waals surface area contributed by atoms with Crippen molar-refractivity contribution in [1.29, 1.82) is 0 Å². The molecule has 7 heteroatoms. The van der Waals surface area contributed by atoms with Gasteiger partial charge in [-0.25, -0.2) is 0 Å². The third-order valence-corrected chi connectivity index (χ3v) is 3.93. The summed E-state index contributed by atoms with van der Waals surface area (Å²) in [7, 11) is 0. The zero-order valence-corrected chi connectivity index (χ0v) is 13.1. The van der Waals surface area contributed by atoms with E-state index in [1.165, 1.54) is 0 Å². The highest BCUT2D eigenvalue weighted by Gasteiger charge is 2.25. The van der Waals surface area contributed by atoms with Crippen LogP contribution in [0.15, 0.2) is 22.7 Å². The quantitative estimate of drug-likeness (QED) is 0.912. The molecule has 2 aromatic rings. The molecule has 3 rings (SSSR count). The van der Waals surface area contributed by atoms with E-state index in [9.17, 15) is 0 Å². The second-order valence-corrected chi connectivity index (χ2v) is 5.43. The molecule has 0 spiro atoms. The topological polar surface area (TPSA) is 58.7 Å². The second-order valence-electron chi connectivity index (χ2n) is 4.99. The Hall–Kier alpha value is -1.01. The fraction of sp³-hybridized carbons (Fsp3) is 0.500. The lowest BCUT2D eigenvalue weighted by molar-refractivity contribution is 0.139. The second kappa shape index (κ2) is 7.31. The van der Waals surface area contributed by atoms with Crippen LogP contribution in [0, 0.1) is 0 Å². The number of aliphatic hydroxyl groups is 1. The van der Waals surface area contributed by atoms with Gasteiger partial charge in [-0.1, -0.05) is 11.6 Å². The molecule has 1 aliphatic heterocycles. The Bertz CT molecular complexity index is 591. The predicted octanol–water partition coefficient (Wildman–Crippen LogP) is 2.74. The highest BCUT2D eigenvalue weighted by molar-refractivity contribution is 6.31. The number of aliphatic hydroxyl groups excluding tert-OH is 1. The van der Waals surface area contributed by atoms with Gasteiger partial charge in [0.1, 0.15) is 6.61 Å². The molecule has 1 aliphatic rings. The number of ether oxygens (including phenoxy) is 1. The number of likely N-dealkylation sites (tertiary alicyclic amines) is 1. The normalized spacial score (nSPS) is 18.9. The Balaban J connectivity index is 0.00000161. The first-order chi connectivity index (χ1) is 9.78. The maximum Gasteiger partial charge on any atom is 0.262 e. The monoisotopic (exact) mass is 332 g/mol. The van der Waals surface area contributed by atoms with Crippen molar-refractivity contribution in [2.75, 3.05) is 26.3 Å². The van der Waals surface area contributed by atoms with Crippen molar-refractivity contribution in [3.63, 3.8) is 0 Å². The van der Waals surface area contributed by atoms with Crippen LogP contribution < -0.4 is 4.74 Å². The molecule has 1 aromatic carbocycles. The fourth-order valence-corrected chi connectivity index (χ4v) is 2.85. The maximum absolute atomic E-state index is 9.04. The molecule has 1 saturated heterocycles. The van der Waals surface area contributed by atoms with E-state index >= 15 is 0 Å². The van der Waals surface area contributed by atoms with Crippen LogP contribution in [0.3, 0.4) is 0 Å². The number of aromatic nitrogens is 1. The van der Waals surface area contributed by atoms with Crippen molar-refractivity contribution >= 4 is 35.0 Å². The molecule has 2 heterocycles. The van der Waals surface area contributed by atoms with E-state index < -0.39 is 0 Å². The average Bonchev–Trinajstić information content (AvgIpc) is 3.03. The van der Waals surface area contributed by atoms with Gasteiger partial charge in [-0.05, 0) is 42.7 Å². The zero-order valence-electron chi connectivity index (χ0n) is 11.5. The molecule has 1 fully saturated rings. The molecule has 21 heavy (non-hydrogen) atoms. The fourth-order valence-electron chi connectivity index (χ4n) is 2.67. The molecule has 0 saturated carbocycles. The van der Waals surface area contributed by atoms with E-state index in [0.717, 1.165) is 24.8 Å². The molecule has 0 aliphatic carbocycles. The summed E-state index contributed by atoms with van der Waals surface area (Å²) in [5, 5.41) is 14.4. The number of hydrogen-bond acceptors (Lipinski definition) is 5. The number of hydrogen-bond donors (Lipinski definition) is 1. The van der Waals surface area contributed by atoms with Crippen molar-refractivity contribution < 1.29 is 14.4 Å². The van der Waals surface area contributed by atoms with Gasteiger partial charge in [-0.3, -0.25) is 4.90 Å². The van der Waals surface area contributed by atoms with E-state index in [0.29, 0.717) is 35.7 Å². The Labute approximate surface area is 134 Å². The lowest BCUT2D eigenvalue weighted by Crippen LogP contribution is -2.36. The molecular weight excluding hydrogens is 315 g/mol. The average molecular weight is 333 g/mol. The molecule has 116 valence electrons. The van der Waals surface area contributed by atoms with E-state index in [-0.39, 0.29) is 19.0 Å². The Morgan fingerprint density at radius 1 is 1.48 bits per heavy atom. The Kier molecular flexibility index (Phi) is 5.70. The van der Waals surface area contributed by atoms with Crippen molar-refractivity contribution in [2.24, 2.45) is 0 Å². The lowest BCUT2D eigenvalue weighted by Gasteiger charge is -2.22. The molecule has 0 bridgehead atoms. The minimum Gasteiger partial charge on any atom is -0.473 e. The standard InChI is InChI=1S/C14H17ClN2O3.ClH/c15-10-3-4-13-12(8-10)14(16-20-13)19-9-11-2-1-5-17(11)6-7-18;/h3-4,8,11,18H,1-2,5-7,9H2;1H/t11-;/m0./s1. The van der Waals surface area contributed by atoms with E-state index in [1.54, 1.807) is 18.2 Å². The van der Waals surface area contributed by atoms with Crippen molar-refractivity contribution in [1.82, 2.24) is 10.1 Å². The van der Waals surface area contributed by atoms with Gasteiger partial charge in [0.05, 0.1) is 12.0 Å². The highest BCUT2D eigenvalue weighted by Crippen LogP contribution is 2.28. The summed E-state index contributed by atoms with van der Waals surface area (Å²) in [4.78, 5) is 2.25. The van der Waals surface area contributed by atoms with Gasteiger partial charge in [0, 0.05) is 17.6 Å². The van der Waals surface area contributed by atoms with E-state index in [2.05, 4.69) is 10.1 Å². The van der Waals surface area contributed by atoms with Gasteiger partial charge >= 0.3 is 0 Å². The van der Waals surface area contributed by atoms with Gasteiger partial charge < -0.3 is 14.4 Å². The summed E-state index contributed by atoms with van der Waals surface area (Å²) in [6, 6.07) is 5.67. The van der Waals surface area contributed by atoms with Crippen LogP contribution >= 0.6 is 24.0 Å². The number of rotatable bonds is 5. The molecular formula is C14H18Cl2N2O3.